The number of hydrogen-bond acceptors (Lipinski definition) is 5. The van der Waals surface area contributed by atoms with Gasteiger partial charge in [-0.15, -0.1) is 0 Å². The summed E-state index contributed by atoms with van der Waals surface area (Å²) in [6.45, 7) is 6.49. The van der Waals surface area contributed by atoms with Crippen molar-refractivity contribution in [2.75, 3.05) is 6.61 Å². The summed E-state index contributed by atoms with van der Waals surface area (Å²) in [4.78, 5) is 26.1. The Kier molecular flexibility index (Phi) is 47.5. The number of ether oxygens (including phenoxy) is 1. The van der Waals surface area contributed by atoms with Gasteiger partial charge < -0.3 is 20.3 Å². The van der Waals surface area contributed by atoms with Crippen LogP contribution < -0.4 is 5.32 Å². The number of carbonyl (C=O) groups excluding carboxylic acids is 2. The predicted molar refractivity (Wildman–Crippen MR) is 260 cm³/mol. The van der Waals surface area contributed by atoms with Gasteiger partial charge >= 0.3 is 5.97 Å². The van der Waals surface area contributed by atoms with Crippen molar-refractivity contribution in [3.05, 3.63) is 12.2 Å². The third-order valence-electron chi connectivity index (χ3n) is 12.6. The lowest BCUT2D eigenvalue weighted by Gasteiger charge is -2.24. The molecule has 0 aliphatic carbocycles. The van der Waals surface area contributed by atoms with Gasteiger partial charge in [0.2, 0.25) is 5.91 Å². The summed E-state index contributed by atoms with van der Waals surface area (Å²) >= 11 is 0. The Morgan fingerprint density at radius 2 is 0.800 bits per heavy atom. The molecule has 356 valence electrons. The first-order valence-corrected chi connectivity index (χ1v) is 26.9. The maximum atomic E-state index is 13.2. The van der Waals surface area contributed by atoms with Crippen LogP contribution in [-0.4, -0.2) is 46.9 Å². The fourth-order valence-corrected chi connectivity index (χ4v) is 8.49. The van der Waals surface area contributed by atoms with E-state index >= 15 is 0 Å². The SMILES string of the molecule is CCCCCCCC/C=C/CCCCCCCCCCCC(=O)OC(CCCCCCCCCCCCC)CC(=O)NC(CO)C(O)CCCCCCCCCCCCC. The van der Waals surface area contributed by atoms with Gasteiger partial charge in [-0.2, -0.15) is 0 Å². The molecule has 0 bridgehead atoms. The summed E-state index contributed by atoms with van der Waals surface area (Å²) in [6.07, 6.45) is 54.2. The molecule has 0 aromatic heterocycles. The second-order valence-electron chi connectivity index (χ2n) is 18.6. The first-order valence-electron chi connectivity index (χ1n) is 26.9. The average molecular weight is 848 g/mol. The van der Waals surface area contributed by atoms with Gasteiger partial charge in [0.05, 0.1) is 25.2 Å². The van der Waals surface area contributed by atoms with Crippen LogP contribution in [-0.2, 0) is 14.3 Å². The molecule has 0 aromatic carbocycles. The number of carbonyl (C=O) groups is 2. The second-order valence-corrected chi connectivity index (χ2v) is 18.6. The molecule has 0 aromatic rings. The number of hydrogen-bond donors (Lipinski definition) is 3. The normalized spacial score (nSPS) is 13.2. The van der Waals surface area contributed by atoms with Crippen LogP contribution in [0.3, 0.4) is 0 Å². The summed E-state index contributed by atoms with van der Waals surface area (Å²) < 4.78 is 5.94. The zero-order chi connectivity index (χ0) is 43.8. The number of allylic oxidation sites excluding steroid dienone is 2. The first kappa shape index (κ1) is 58.6. The molecule has 0 aliphatic rings. The Morgan fingerprint density at radius 3 is 1.18 bits per heavy atom. The average Bonchev–Trinajstić information content (AvgIpc) is 3.24. The predicted octanol–water partition coefficient (Wildman–Crippen LogP) is 16.1. The maximum Gasteiger partial charge on any atom is 0.306 e. The van der Waals surface area contributed by atoms with Gasteiger partial charge in [-0.25, -0.2) is 0 Å². The number of nitrogens with one attached hydrogen (secondary N) is 1. The largest absolute Gasteiger partial charge is 0.462 e. The van der Waals surface area contributed by atoms with Gasteiger partial charge in [-0.05, 0) is 51.4 Å². The lowest BCUT2D eigenvalue weighted by molar-refractivity contribution is -0.151. The minimum Gasteiger partial charge on any atom is -0.462 e. The van der Waals surface area contributed by atoms with Gasteiger partial charge in [-0.1, -0.05) is 245 Å². The van der Waals surface area contributed by atoms with Crippen molar-refractivity contribution in [1.82, 2.24) is 5.32 Å². The van der Waals surface area contributed by atoms with Gasteiger partial charge in [0.25, 0.3) is 0 Å². The minimum atomic E-state index is -0.781. The van der Waals surface area contributed by atoms with Crippen LogP contribution in [0.25, 0.3) is 0 Å². The van der Waals surface area contributed by atoms with Crippen molar-refractivity contribution < 1.29 is 24.5 Å². The van der Waals surface area contributed by atoms with Crippen molar-refractivity contribution in [3.63, 3.8) is 0 Å². The van der Waals surface area contributed by atoms with Crippen molar-refractivity contribution in [1.29, 1.82) is 0 Å². The van der Waals surface area contributed by atoms with E-state index < -0.39 is 18.2 Å². The second kappa shape index (κ2) is 48.6. The molecular weight excluding hydrogens is 743 g/mol. The highest BCUT2D eigenvalue weighted by Crippen LogP contribution is 2.18. The van der Waals surface area contributed by atoms with E-state index in [0.717, 1.165) is 44.9 Å². The van der Waals surface area contributed by atoms with E-state index in [-0.39, 0.29) is 24.9 Å². The Balaban J connectivity index is 4.43. The third-order valence-corrected chi connectivity index (χ3v) is 12.6. The summed E-state index contributed by atoms with van der Waals surface area (Å²) in [5, 5.41) is 23.7. The van der Waals surface area contributed by atoms with E-state index in [4.69, 9.17) is 4.74 Å². The molecule has 0 saturated carbocycles. The summed E-state index contributed by atoms with van der Waals surface area (Å²) in [7, 11) is 0. The van der Waals surface area contributed by atoms with Crippen LogP contribution in [0.5, 0.6) is 0 Å². The quantitative estimate of drug-likeness (QED) is 0.0322. The maximum absolute atomic E-state index is 13.2. The highest BCUT2D eigenvalue weighted by Gasteiger charge is 2.24. The standard InChI is InChI=1S/C54H105NO5/c1-4-7-10-13-16-19-22-23-24-25-26-27-28-29-32-35-38-41-44-47-54(59)60-50(45-42-39-36-33-30-20-17-14-11-8-5-2)48-53(58)55-51(49-56)52(57)46-43-40-37-34-31-21-18-15-12-9-6-3/h23-24,50-52,56-57H,4-22,25-49H2,1-3H3,(H,55,58)/b24-23+. The molecule has 0 radical (unpaired) electrons. The summed E-state index contributed by atoms with van der Waals surface area (Å²) in [6, 6.07) is -0.694. The van der Waals surface area contributed by atoms with Gasteiger partial charge in [0, 0.05) is 6.42 Å². The Morgan fingerprint density at radius 1 is 0.467 bits per heavy atom. The molecule has 0 saturated heterocycles. The van der Waals surface area contributed by atoms with Gasteiger partial charge in [0.1, 0.15) is 6.10 Å². The van der Waals surface area contributed by atoms with Crippen LogP contribution in [0.2, 0.25) is 0 Å². The lowest BCUT2D eigenvalue weighted by Crippen LogP contribution is -2.46. The molecule has 6 nitrogen and oxygen atoms in total. The zero-order valence-corrected chi connectivity index (χ0v) is 40.6. The number of aliphatic hydroxyl groups is 2. The van der Waals surface area contributed by atoms with Crippen molar-refractivity contribution in [2.24, 2.45) is 0 Å². The molecule has 0 spiro atoms. The summed E-state index contributed by atoms with van der Waals surface area (Å²) in [5.41, 5.74) is 0. The van der Waals surface area contributed by atoms with E-state index in [2.05, 4.69) is 38.2 Å². The van der Waals surface area contributed by atoms with Crippen LogP contribution in [0.4, 0.5) is 0 Å². The zero-order valence-electron chi connectivity index (χ0n) is 40.6. The molecular formula is C54H105NO5. The van der Waals surface area contributed by atoms with E-state index in [0.29, 0.717) is 19.3 Å². The molecule has 1 amide bonds. The lowest BCUT2D eigenvalue weighted by atomic mass is 10.0. The van der Waals surface area contributed by atoms with Crippen molar-refractivity contribution in [3.8, 4) is 0 Å². The van der Waals surface area contributed by atoms with Crippen molar-refractivity contribution >= 4 is 11.9 Å². The first-order chi connectivity index (χ1) is 29.5. The summed E-state index contributed by atoms with van der Waals surface area (Å²) in [5.74, 6) is -0.458. The van der Waals surface area contributed by atoms with Crippen LogP contribution in [0.1, 0.15) is 297 Å². The number of unbranched alkanes of at least 4 members (excludes halogenated alkanes) is 35. The minimum absolute atomic E-state index is 0.0840. The van der Waals surface area contributed by atoms with Crippen LogP contribution in [0, 0.1) is 0 Å². The molecule has 0 aliphatic heterocycles. The van der Waals surface area contributed by atoms with Crippen LogP contribution >= 0.6 is 0 Å². The number of rotatable bonds is 49. The molecule has 60 heavy (non-hydrogen) atoms. The number of amides is 1. The molecule has 6 heteroatoms. The van der Waals surface area contributed by atoms with E-state index in [1.165, 1.54) is 205 Å². The van der Waals surface area contributed by atoms with Crippen LogP contribution in [0.15, 0.2) is 12.2 Å². The van der Waals surface area contributed by atoms with E-state index in [9.17, 15) is 19.8 Å². The fourth-order valence-electron chi connectivity index (χ4n) is 8.49. The smallest absolute Gasteiger partial charge is 0.306 e. The Labute approximate surface area is 374 Å². The molecule has 0 fully saturated rings. The molecule has 3 N–H and O–H groups in total. The highest BCUT2D eigenvalue weighted by molar-refractivity contribution is 5.77. The topological polar surface area (TPSA) is 95.9 Å². The Hall–Kier alpha value is -1.40. The Bertz CT molecular complexity index is 909. The molecule has 0 rings (SSSR count). The monoisotopic (exact) mass is 848 g/mol. The molecule has 0 heterocycles. The number of esters is 1. The fraction of sp³-hybridized carbons (Fsp3) is 0.926. The highest BCUT2D eigenvalue weighted by atomic mass is 16.5. The third kappa shape index (κ3) is 43.3. The van der Waals surface area contributed by atoms with Gasteiger partial charge in [-0.3, -0.25) is 9.59 Å². The molecule has 3 atom stereocenters. The van der Waals surface area contributed by atoms with E-state index in [1.54, 1.807) is 0 Å². The van der Waals surface area contributed by atoms with Crippen molar-refractivity contribution in [2.45, 2.75) is 315 Å². The molecule has 3 unspecified atom stereocenters. The van der Waals surface area contributed by atoms with E-state index in [1.807, 2.05) is 0 Å². The van der Waals surface area contributed by atoms with Gasteiger partial charge in [0.15, 0.2) is 0 Å². The number of aliphatic hydroxyl groups excluding tert-OH is 2.